The van der Waals surface area contributed by atoms with Crippen molar-refractivity contribution in [2.24, 2.45) is 5.84 Å². The Kier molecular flexibility index (Phi) is 5.10. The van der Waals surface area contributed by atoms with Crippen molar-refractivity contribution in [3.8, 4) is 0 Å². The molecule has 110 valence electrons. The molecule has 0 unspecified atom stereocenters. The Morgan fingerprint density at radius 3 is 2.71 bits per heavy atom. The Balaban J connectivity index is 2.33. The molecule has 7 heteroatoms. The fraction of sp³-hybridized carbons (Fsp3) is 0.143. The normalized spacial score (nSPS) is 11.8. The number of nitrogens with two attached hydrogens (primary N) is 1. The van der Waals surface area contributed by atoms with Crippen LogP contribution in [0.4, 0.5) is 5.69 Å². The number of amides is 1. The number of hydrogen-bond acceptors (Lipinski definition) is 5. The molecule has 1 aromatic heterocycles. The molecule has 1 amide bonds. The summed E-state index contributed by atoms with van der Waals surface area (Å²) in [5, 5.41) is 12.9. The number of benzene rings is 1. The van der Waals surface area contributed by atoms with Crippen LogP contribution in [-0.4, -0.2) is 22.6 Å². The van der Waals surface area contributed by atoms with Crippen molar-refractivity contribution in [1.82, 2.24) is 10.4 Å². The molecule has 21 heavy (non-hydrogen) atoms. The van der Waals surface area contributed by atoms with E-state index in [9.17, 15) is 9.90 Å². The largest absolute Gasteiger partial charge is 0.394 e. The van der Waals surface area contributed by atoms with Crippen molar-refractivity contribution in [2.45, 2.75) is 6.04 Å². The van der Waals surface area contributed by atoms with E-state index in [0.717, 1.165) is 5.56 Å². The molecule has 0 aliphatic heterocycles. The van der Waals surface area contributed by atoms with E-state index in [0.29, 0.717) is 5.69 Å². The van der Waals surface area contributed by atoms with E-state index in [4.69, 9.17) is 17.4 Å². The lowest BCUT2D eigenvalue weighted by Crippen LogP contribution is -2.31. The first-order valence-electron chi connectivity index (χ1n) is 6.24. The first-order chi connectivity index (χ1) is 10.2. The third kappa shape index (κ3) is 3.69. The molecule has 0 aliphatic carbocycles. The van der Waals surface area contributed by atoms with Crippen LogP contribution in [0.25, 0.3) is 0 Å². The Morgan fingerprint density at radius 2 is 2.10 bits per heavy atom. The second kappa shape index (κ2) is 7.03. The second-order valence-corrected chi connectivity index (χ2v) is 4.70. The minimum Gasteiger partial charge on any atom is -0.394 e. The molecule has 0 spiro atoms. The highest BCUT2D eigenvalue weighted by molar-refractivity contribution is 6.29. The zero-order valence-electron chi connectivity index (χ0n) is 11.1. The third-order valence-electron chi connectivity index (χ3n) is 2.96. The quantitative estimate of drug-likeness (QED) is 0.290. The van der Waals surface area contributed by atoms with Gasteiger partial charge in [-0.3, -0.25) is 10.2 Å². The van der Waals surface area contributed by atoms with E-state index in [1.807, 2.05) is 35.8 Å². The molecule has 5 N–H and O–H groups in total. The molecule has 0 saturated heterocycles. The Labute approximate surface area is 126 Å². The third-order valence-corrected chi connectivity index (χ3v) is 3.17. The van der Waals surface area contributed by atoms with Crippen LogP contribution in [0.2, 0.25) is 5.15 Å². The van der Waals surface area contributed by atoms with Crippen molar-refractivity contribution in [1.29, 1.82) is 0 Å². The maximum Gasteiger partial charge on any atom is 0.268 e. The van der Waals surface area contributed by atoms with Crippen molar-refractivity contribution >= 4 is 23.2 Å². The van der Waals surface area contributed by atoms with Gasteiger partial charge in [-0.2, -0.15) is 0 Å². The van der Waals surface area contributed by atoms with Crippen LogP contribution in [0.5, 0.6) is 0 Å². The van der Waals surface area contributed by atoms with E-state index in [-0.39, 0.29) is 23.4 Å². The molecule has 2 aromatic rings. The number of nitrogens with one attached hydrogen (secondary N) is 2. The Hall–Kier alpha value is -2.15. The van der Waals surface area contributed by atoms with Gasteiger partial charge >= 0.3 is 0 Å². The summed E-state index contributed by atoms with van der Waals surface area (Å²) in [6.45, 7) is -0.145. The predicted molar refractivity (Wildman–Crippen MR) is 80.8 cm³/mol. The number of hydrazine groups is 1. The zero-order chi connectivity index (χ0) is 15.2. The van der Waals surface area contributed by atoms with Crippen molar-refractivity contribution in [2.75, 3.05) is 11.9 Å². The lowest BCUT2D eigenvalue weighted by atomic mass is 10.1. The highest BCUT2D eigenvalue weighted by atomic mass is 35.5. The number of nitrogen functional groups attached to an aromatic ring is 1. The van der Waals surface area contributed by atoms with Gasteiger partial charge in [0.1, 0.15) is 5.15 Å². The molecule has 0 saturated carbocycles. The number of aromatic nitrogens is 1. The second-order valence-electron chi connectivity index (χ2n) is 4.32. The molecular formula is C14H15ClN4O2. The van der Waals surface area contributed by atoms with E-state index < -0.39 is 5.91 Å². The van der Waals surface area contributed by atoms with Crippen LogP contribution < -0.4 is 16.6 Å². The number of aliphatic hydroxyl groups is 1. The van der Waals surface area contributed by atoms with Gasteiger partial charge in [0.25, 0.3) is 5.91 Å². The number of carbonyl (C=O) groups excluding carboxylic acids is 1. The van der Waals surface area contributed by atoms with Gasteiger partial charge in [-0.05, 0) is 11.6 Å². The molecule has 0 bridgehead atoms. The van der Waals surface area contributed by atoms with Crippen LogP contribution in [0.1, 0.15) is 22.0 Å². The van der Waals surface area contributed by atoms with Crippen LogP contribution in [-0.2, 0) is 0 Å². The Bertz CT molecular complexity index is 622. The number of anilines is 1. The fourth-order valence-electron chi connectivity index (χ4n) is 1.92. The summed E-state index contributed by atoms with van der Waals surface area (Å²) >= 11 is 5.86. The summed E-state index contributed by atoms with van der Waals surface area (Å²) < 4.78 is 0. The monoisotopic (exact) mass is 306 g/mol. The summed E-state index contributed by atoms with van der Waals surface area (Å²) in [6.07, 6.45) is 1.33. The molecule has 1 heterocycles. The van der Waals surface area contributed by atoms with Gasteiger partial charge in [-0.1, -0.05) is 41.9 Å². The molecule has 2 rings (SSSR count). The van der Waals surface area contributed by atoms with Crippen LogP contribution in [0.3, 0.4) is 0 Å². The molecule has 0 radical (unpaired) electrons. The van der Waals surface area contributed by atoms with Crippen molar-refractivity contribution in [3.05, 3.63) is 58.9 Å². The van der Waals surface area contributed by atoms with E-state index in [1.165, 1.54) is 12.3 Å². The average Bonchev–Trinajstić information content (AvgIpc) is 2.53. The first-order valence-corrected chi connectivity index (χ1v) is 6.62. The van der Waals surface area contributed by atoms with Crippen LogP contribution in [0, 0.1) is 0 Å². The highest BCUT2D eigenvalue weighted by Gasteiger charge is 2.16. The van der Waals surface area contributed by atoms with Gasteiger partial charge in [-0.15, -0.1) is 0 Å². The summed E-state index contributed by atoms with van der Waals surface area (Å²) in [4.78, 5) is 15.6. The van der Waals surface area contributed by atoms with E-state index in [2.05, 4.69) is 10.3 Å². The first kappa shape index (κ1) is 15.2. The Morgan fingerprint density at radius 1 is 1.38 bits per heavy atom. The molecule has 6 nitrogen and oxygen atoms in total. The zero-order valence-corrected chi connectivity index (χ0v) is 11.8. The minimum absolute atomic E-state index is 0.145. The average molecular weight is 307 g/mol. The summed E-state index contributed by atoms with van der Waals surface area (Å²) in [6, 6.07) is 10.5. The van der Waals surface area contributed by atoms with Gasteiger partial charge in [0.2, 0.25) is 0 Å². The van der Waals surface area contributed by atoms with Crippen molar-refractivity contribution < 1.29 is 9.90 Å². The predicted octanol–water partition coefficient (Wildman–Crippen LogP) is 1.48. The fourth-order valence-corrected chi connectivity index (χ4v) is 2.07. The van der Waals surface area contributed by atoms with Gasteiger partial charge in [0.05, 0.1) is 23.9 Å². The number of carbonyl (C=O) groups is 1. The molecule has 1 aromatic carbocycles. The SMILES string of the molecule is NNC(=O)c1cnc(Cl)cc1N[C@H](CO)c1ccccc1. The van der Waals surface area contributed by atoms with Crippen molar-refractivity contribution in [3.63, 3.8) is 0 Å². The number of nitrogens with zero attached hydrogens (tertiary/aromatic N) is 1. The number of hydrogen-bond donors (Lipinski definition) is 4. The van der Waals surface area contributed by atoms with Gasteiger partial charge in [0.15, 0.2) is 0 Å². The molecule has 0 fully saturated rings. The number of halogens is 1. The molecule has 0 aliphatic rings. The maximum absolute atomic E-state index is 11.7. The van der Waals surface area contributed by atoms with Gasteiger partial charge in [-0.25, -0.2) is 10.8 Å². The van der Waals surface area contributed by atoms with Gasteiger partial charge in [0, 0.05) is 6.20 Å². The lowest BCUT2D eigenvalue weighted by Gasteiger charge is -2.20. The minimum atomic E-state index is -0.494. The van der Waals surface area contributed by atoms with E-state index >= 15 is 0 Å². The summed E-state index contributed by atoms with van der Waals surface area (Å²) in [5.41, 5.74) is 3.62. The topological polar surface area (TPSA) is 100 Å². The van der Waals surface area contributed by atoms with Crippen LogP contribution in [0.15, 0.2) is 42.6 Å². The maximum atomic E-state index is 11.7. The number of rotatable bonds is 5. The molecule has 1 atom stereocenters. The smallest absolute Gasteiger partial charge is 0.268 e. The summed E-state index contributed by atoms with van der Waals surface area (Å²) in [5.74, 6) is 4.65. The van der Waals surface area contributed by atoms with Crippen LogP contribution >= 0.6 is 11.6 Å². The number of pyridine rings is 1. The summed E-state index contributed by atoms with van der Waals surface area (Å²) in [7, 11) is 0. The van der Waals surface area contributed by atoms with E-state index in [1.54, 1.807) is 0 Å². The number of aliphatic hydroxyl groups excluding tert-OH is 1. The standard InChI is InChI=1S/C14H15ClN4O2/c15-13-6-11(10(7-17-13)14(21)19-16)18-12(8-20)9-4-2-1-3-5-9/h1-7,12,20H,8,16H2,(H,17,18)(H,19,21)/t12-/m1/s1. The highest BCUT2D eigenvalue weighted by Crippen LogP contribution is 2.24. The lowest BCUT2D eigenvalue weighted by molar-refractivity contribution is 0.0954. The van der Waals surface area contributed by atoms with Gasteiger partial charge < -0.3 is 10.4 Å². The molecular weight excluding hydrogens is 292 g/mol.